The van der Waals surface area contributed by atoms with Crippen LogP contribution in [-0.4, -0.2) is 23.0 Å². The van der Waals surface area contributed by atoms with E-state index in [4.69, 9.17) is 5.11 Å². The third-order valence-corrected chi connectivity index (χ3v) is 2.57. The van der Waals surface area contributed by atoms with Gasteiger partial charge in [0.05, 0.1) is 6.42 Å². The molecule has 0 saturated heterocycles. The molecule has 0 fully saturated rings. The maximum absolute atomic E-state index is 12.0. The predicted octanol–water partition coefficient (Wildman–Crippen LogP) is 1.90. The summed E-state index contributed by atoms with van der Waals surface area (Å²) in [6.07, 6.45) is -0.0727. The van der Waals surface area contributed by atoms with E-state index in [2.05, 4.69) is 5.32 Å². The minimum atomic E-state index is -0.917. The first-order chi connectivity index (χ1) is 7.91. The maximum atomic E-state index is 12.0. The first-order valence-corrected chi connectivity index (χ1v) is 5.50. The average molecular weight is 235 g/mol. The fraction of sp³-hybridized carbons (Fsp3) is 0.385. The third kappa shape index (κ3) is 3.59. The molecule has 4 heteroatoms. The van der Waals surface area contributed by atoms with Crippen LogP contribution in [0.1, 0.15) is 34.8 Å². The molecule has 1 amide bonds. The first-order valence-electron chi connectivity index (χ1n) is 5.50. The second kappa shape index (κ2) is 5.48. The smallest absolute Gasteiger partial charge is 0.305 e. The summed E-state index contributed by atoms with van der Waals surface area (Å²) in [7, 11) is 0. The molecule has 1 aromatic rings. The van der Waals surface area contributed by atoms with Crippen molar-refractivity contribution in [3.05, 3.63) is 34.9 Å². The molecule has 2 N–H and O–H groups in total. The molecule has 0 spiro atoms. The number of carbonyl (C=O) groups is 2. The zero-order chi connectivity index (χ0) is 13.0. The summed E-state index contributed by atoms with van der Waals surface area (Å²) in [5.74, 6) is -1.13. The van der Waals surface area contributed by atoms with E-state index in [1.807, 2.05) is 32.0 Å². The van der Waals surface area contributed by atoms with Gasteiger partial charge in [0.1, 0.15) is 0 Å². The summed E-state index contributed by atoms with van der Waals surface area (Å²) < 4.78 is 0. The largest absolute Gasteiger partial charge is 0.481 e. The predicted molar refractivity (Wildman–Crippen MR) is 65.1 cm³/mol. The van der Waals surface area contributed by atoms with Gasteiger partial charge in [0.25, 0.3) is 5.91 Å². The highest BCUT2D eigenvalue weighted by molar-refractivity contribution is 5.97. The molecular weight excluding hydrogens is 218 g/mol. The maximum Gasteiger partial charge on any atom is 0.305 e. The van der Waals surface area contributed by atoms with Crippen molar-refractivity contribution in [2.24, 2.45) is 0 Å². The molecule has 0 aromatic heterocycles. The van der Waals surface area contributed by atoms with Crippen molar-refractivity contribution in [1.82, 2.24) is 5.32 Å². The van der Waals surface area contributed by atoms with Crippen LogP contribution in [0.25, 0.3) is 0 Å². The summed E-state index contributed by atoms with van der Waals surface area (Å²) >= 11 is 0. The molecule has 1 rings (SSSR count). The molecule has 1 aromatic carbocycles. The number of rotatable bonds is 4. The van der Waals surface area contributed by atoms with Crippen molar-refractivity contribution in [2.75, 3.05) is 0 Å². The van der Waals surface area contributed by atoms with Gasteiger partial charge in [0.15, 0.2) is 0 Å². The Bertz CT molecular complexity index is 420. The number of hydrogen-bond acceptors (Lipinski definition) is 2. The van der Waals surface area contributed by atoms with E-state index < -0.39 is 5.97 Å². The van der Waals surface area contributed by atoms with E-state index in [1.165, 1.54) is 0 Å². The molecule has 0 radical (unpaired) electrons. The van der Waals surface area contributed by atoms with Gasteiger partial charge >= 0.3 is 5.97 Å². The normalized spacial score (nSPS) is 11.9. The molecule has 4 nitrogen and oxygen atoms in total. The Balaban J connectivity index is 2.80. The molecule has 92 valence electrons. The summed E-state index contributed by atoms with van der Waals surface area (Å²) in [4.78, 5) is 22.5. The highest BCUT2D eigenvalue weighted by Crippen LogP contribution is 2.13. The number of aryl methyl sites for hydroxylation is 2. The molecule has 0 heterocycles. The van der Waals surface area contributed by atoms with Gasteiger partial charge in [-0.1, -0.05) is 18.2 Å². The van der Waals surface area contributed by atoms with Gasteiger partial charge in [-0.25, -0.2) is 0 Å². The Kier molecular flexibility index (Phi) is 4.26. The van der Waals surface area contributed by atoms with Gasteiger partial charge in [-0.15, -0.1) is 0 Å². The zero-order valence-corrected chi connectivity index (χ0v) is 10.3. The quantitative estimate of drug-likeness (QED) is 0.837. The van der Waals surface area contributed by atoms with Crippen molar-refractivity contribution in [3.63, 3.8) is 0 Å². The van der Waals surface area contributed by atoms with Crippen LogP contribution in [0.5, 0.6) is 0 Å². The Hall–Kier alpha value is -1.84. The Morgan fingerprint density at radius 2 is 1.82 bits per heavy atom. The number of hydrogen-bond donors (Lipinski definition) is 2. The second-order valence-electron chi connectivity index (χ2n) is 4.24. The Labute approximate surface area is 101 Å². The fourth-order valence-electron chi connectivity index (χ4n) is 1.78. The Morgan fingerprint density at radius 1 is 1.29 bits per heavy atom. The number of nitrogens with one attached hydrogen (secondary N) is 1. The summed E-state index contributed by atoms with van der Waals surface area (Å²) in [5, 5.41) is 11.3. The molecule has 0 aliphatic rings. The lowest BCUT2D eigenvalue weighted by Gasteiger charge is -2.14. The third-order valence-electron chi connectivity index (χ3n) is 2.57. The van der Waals surface area contributed by atoms with E-state index in [0.29, 0.717) is 5.56 Å². The van der Waals surface area contributed by atoms with E-state index in [-0.39, 0.29) is 18.4 Å². The van der Waals surface area contributed by atoms with Crippen LogP contribution in [0.3, 0.4) is 0 Å². The number of carbonyl (C=O) groups excluding carboxylic acids is 1. The second-order valence-corrected chi connectivity index (χ2v) is 4.24. The van der Waals surface area contributed by atoms with E-state index >= 15 is 0 Å². The van der Waals surface area contributed by atoms with Gasteiger partial charge in [-0.3, -0.25) is 9.59 Å². The van der Waals surface area contributed by atoms with Crippen molar-refractivity contribution in [1.29, 1.82) is 0 Å². The summed E-state index contributed by atoms with van der Waals surface area (Å²) in [5.41, 5.74) is 2.42. The highest BCUT2D eigenvalue weighted by Gasteiger charge is 2.15. The van der Waals surface area contributed by atoms with Gasteiger partial charge < -0.3 is 10.4 Å². The lowest BCUT2D eigenvalue weighted by atomic mass is 10.0. The Morgan fingerprint density at radius 3 is 2.29 bits per heavy atom. The number of benzene rings is 1. The fourth-order valence-corrected chi connectivity index (χ4v) is 1.78. The molecule has 0 aliphatic heterocycles. The van der Waals surface area contributed by atoms with Gasteiger partial charge in [0.2, 0.25) is 0 Å². The van der Waals surface area contributed by atoms with Crippen molar-refractivity contribution < 1.29 is 14.7 Å². The summed E-state index contributed by atoms with van der Waals surface area (Å²) in [6.45, 7) is 5.41. The van der Waals surface area contributed by atoms with Crippen LogP contribution in [0.4, 0.5) is 0 Å². The molecule has 0 saturated carbocycles. The average Bonchev–Trinajstić information content (AvgIpc) is 2.15. The number of amides is 1. The standard InChI is InChI=1S/C13H17NO3/c1-8-5-4-6-9(2)12(8)13(17)14-10(3)7-11(15)16/h4-6,10H,7H2,1-3H3,(H,14,17)(H,15,16). The van der Waals surface area contributed by atoms with Crippen LogP contribution in [0.2, 0.25) is 0 Å². The molecule has 17 heavy (non-hydrogen) atoms. The van der Waals surface area contributed by atoms with Gasteiger partial charge in [-0.2, -0.15) is 0 Å². The van der Waals surface area contributed by atoms with Crippen LogP contribution in [0.15, 0.2) is 18.2 Å². The van der Waals surface area contributed by atoms with E-state index in [0.717, 1.165) is 11.1 Å². The number of carboxylic acid groups (broad SMARTS) is 1. The number of carboxylic acids is 1. The zero-order valence-electron chi connectivity index (χ0n) is 10.3. The molecule has 1 atom stereocenters. The topological polar surface area (TPSA) is 66.4 Å². The lowest BCUT2D eigenvalue weighted by molar-refractivity contribution is -0.137. The van der Waals surface area contributed by atoms with Crippen LogP contribution < -0.4 is 5.32 Å². The molecule has 0 aliphatic carbocycles. The van der Waals surface area contributed by atoms with Gasteiger partial charge in [-0.05, 0) is 31.9 Å². The number of aliphatic carboxylic acids is 1. The SMILES string of the molecule is Cc1cccc(C)c1C(=O)NC(C)CC(=O)O. The monoisotopic (exact) mass is 235 g/mol. The minimum Gasteiger partial charge on any atom is -0.481 e. The highest BCUT2D eigenvalue weighted by atomic mass is 16.4. The van der Waals surface area contributed by atoms with Crippen LogP contribution in [0, 0.1) is 13.8 Å². The minimum absolute atomic E-state index is 0.0727. The van der Waals surface area contributed by atoms with Crippen LogP contribution in [-0.2, 0) is 4.79 Å². The van der Waals surface area contributed by atoms with E-state index in [9.17, 15) is 9.59 Å². The van der Waals surface area contributed by atoms with Gasteiger partial charge in [0, 0.05) is 11.6 Å². The van der Waals surface area contributed by atoms with Crippen molar-refractivity contribution in [2.45, 2.75) is 33.2 Å². The van der Waals surface area contributed by atoms with Crippen molar-refractivity contribution in [3.8, 4) is 0 Å². The summed E-state index contributed by atoms with van der Waals surface area (Å²) in [6, 6.07) is 5.24. The van der Waals surface area contributed by atoms with E-state index in [1.54, 1.807) is 6.92 Å². The molecule has 0 bridgehead atoms. The van der Waals surface area contributed by atoms with Crippen molar-refractivity contribution >= 4 is 11.9 Å². The van der Waals surface area contributed by atoms with Crippen LogP contribution >= 0.6 is 0 Å². The first kappa shape index (κ1) is 13.2. The molecule has 1 unspecified atom stereocenters. The molecular formula is C13H17NO3. The lowest BCUT2D eigenvalue weighted by Crippen LogP contribution is -2.34.